The summed E-state index contributed by atoms with van der Waals surface area (Å²) in [5.74, 6) is 1.29. The molecule has 25 heavy (non-hydrogen) atoms. The quantitative estimate of drug-likeness (QED) is 0.818. The molecule has 6 heteroatoms. The second-order valence-electron chi connectivity index (χ2n) is 7.17. The van der Waals surface area contributed by atoms with Gasteiger partial charge in [-0.3, -0.25) is 4.79 Å². The molecule has 2 aromatic heterocycles. The van der Waals surface area contributed by atoms with E-state index in [4.69, 9.17) is 5.73 Å². The molecule has 0 atom stereocenters. The predicted octanol–water partition coefficient (Wildman–Crippen LogP) is 3.00. The highest BCUT2D eigenvalue weighted by Gasteiger charge is 2.21. The summed E-state index contributed by atoms with van der Waals surface area (Å²) in [7, 11) is 0. The number of hydrogen-bond donors (Lipinski definition) is 1. The molecule has 0 unspecified atom stereocenters. The third kappa shape index (κ3) is 4.11. The highest BCUT2D eigenvalue weighted by Crippen LogP contribution is 2.24. The molecule has 0 bridgehead atoms. The van der Waals surface area contributed by atoms with Crippen LogP contribution in [0.4, 0.5) is 5.82 Å². The lowest BCUT2D eigenvalue weighted by molar-refractivity contribution is -0.130. The first-order chi connectivity index (χ1) is 12.1. The van der Waals surface area contributed by atoms with Crippen LogP contribution >= 0.6 is 0 Å². The van der Waals surface area contributed by atoms with Gasteiger partial charge in [-0.25, -0.2) is 9.97 Å². The molecule has 0 aliphatic carbocycles. The summed E-state index contributed by atoms with van der Waals surface area (Å²) in [5.41, 5.74) is 9.09. The Morgan fingerprint density at radius 2 is 2.08 bits per heavy atom. The highest BCUT2D eigenvalue weighted by molar-refractivity contribution is 5.85. The Kier molecular flexibility index (Phi) is 5.56. The number of piperidine rings is 1. The van der Waals surface area contributed by atoms with Crippen molar-refractivity contribution < 1.29 is 4.79 Å². The van der Waals surface area contributed by atoms with E-state index in [2.05, 4.69) is 27.5 Å². The number of carbonyl (C=O) groups excluding carboxylic acids is 1. The van der Waals surface area contributed by atoms with Gasteiger partial charge in [-0.05, 0) is 37.7 Å². The minimum absolute atomic E-state index is 0.182. The van der Waals surface area contributed by atoms with E-state index in [1.807, 2.05) is 11.2 Å². The molecule has 0 radical (unpaired) electrons. The van der Waals surface area contributed by atoms with Crippen LogP contribution in [0.5, 0.6) is 0 Å². The van der Waals surface area contributed by atoms with Gasteiger partial charge in [0.25, 0.3) is 0 Å². The Hall–Kier alpha value is -2.11. The van der Waals surface area contributed by atoms with Crippen LogP contribution in [-0.2, 0) is 17.8 Å². The molecule has 1 fully saturated rings. The zero-order valence-electron chi connectivity index (χ0n) is 15.4. The van der Waals surface area contributed by atoms with Gasteiger partial charge >= 0.3 is 0 Å². The van der Waals surface area contributed by atoms with E-state index in [9.17, 15) is 4.79 Å². The van der Waals surface area contributed by atoms with Gasteiger partial charge < -0.3 is 15.2 Å². The maximum Gasteiger partial charge on any atom is 0.219 e. The third-order valence-corrected chi connectivity index (χ3v) is 5.24. The van der Waals surface area contributed by atoms with Crippen LogP contribution < -0.4 is 5.73 Å². The smallest absolute Gasteiger partial charge is 0.219 e. The van der Waals surface area contributed by atoms with Crippen molar-refractivity contribution in [3.8, 4) is 0 Å². The predicted molar refractivity (Wildman–Crippen MR) is 100 cm³/mol. The number of pyridine rings is 1. The Labute approximate surface area is 149 Å². The molecule has 136 valence electrons. The molecule has 3 rings (SSSR count). The van der Waals surface area contributed by atoms with E-state index < -0.39 is 0 Å². The van der Waals surface area contributed by atoms with E-state index in [0.717, 1.165) is 62.0 Å². The van der Waals surface area contributed by atoms with Crippen molar-refractivity contribution in [2.75, 3.05) is 18.8 Å². The molecule has 6 nitrogen and oxygen atoms in total. The minimum Gasteiger partial charge on any atom is -0.382 e. The van der Waals surface area contributed by atoms with Gasteiger partial charge in [0.2, 0.25) is 5.91 Å². The molecule has 0 spiro atoms. The maximum absolute atomic E-state index is 11.5. The van der Waals surface area contributed by atoms with Crippen LogP contribution in [0.3, 0.4) is 0 Å². The molecule has 0 aromatic carbocycles. The number of unbranched alkanes of at least 4 members (excludes halogenated alkanes) is 2. The maximum atomic E-state index is 11.5. The summed E-state index contributed by atoms with van der Waals surface area (Å²) < 4.78 is 2.21. The first-order valence-corrected chi connectivity index (χ1v) is 9.44. The number of likely N-dealkylation sites (tertiary alicyclic amines) is 1. The second-order valence-corrected chi connectivity index (χ2v) is 7.17. The van der Waals surface area contributed by atoms with Crippen molar-refractivity contribution in [2.45, 2.75) is 58.9 Å². The van der Waals surface area contributed by atoms with Crippen molar-refractivity contribution in [1.82, 2.24) is 19.4 Å². The van der Waals surface area contributed by atoms with E-state index >= 15 is 0 Å². The molecular formula is C19H29N5O. The topological polar surface area (TPSA) is 77.0 Å². The van der Waals surface area contributed by atoms with Crippen LogP contribution in [0.15, 0.2) is 12.4 Å². The molecular weight excluding hydrogens is 314 g/mol. The van der Waals surface area contributed by atoms with Gasteiger partial charge in [-0.2, -0.15) is 0 Å². The molecule has 1 aliphatic heterocycles. The molecule has 0 saturated carbocycles. The number of hydrogen-bond acceptors (Lipinski definition) is 4. The lowest BCUT2D eigenvalue weighted by Gasteiger charge is -2.31. The van der Waals surface area contributed by atoms with Crippen molar-refractivity contribution in [1.29, 1.82) is 0 Å². The van der Waals surface area contributed by atoms with Crippen LogP contribution in [0.1, 0.15) is 51.6 Å². The Bertz CT molecular complexity index is 731. The Morgan fingerprint density at radius 3 is 2.76 bits per heavy atom. The van der Waals surface area contributed by atoms with Crippen molar-refractivity contribution in [2.24, 2.45) is 5.92 Å². The van der Waals surface area contributed by atoms with E-state index in [1.165, 1.54) is 12.8 Å². The number of aromatic nitrogens is 3. The summed E-state index contributed by atoms with van der Waals surface area (Å²) in [6, 6.07) is 2.15. The van der Waals surface area contributed by atoms with Crippen molar-refractivity contribution in [3.63, 3.8) is 0 Å². The first kappa shape index (κ1) is 17.7. The van der Waals surface area contributed by atoms with E-state index in [0.29, 0.717) is 11.7 Å². The number of fused-ring (bicyclic) bond motifs is 1. The fraction of sp³-hybridized carbons (Fsp3) is 0.632. The SMILES string of the molecule is CCCCCc1cc2c(ncn2CC2CCN(C(C)=O)CC2)c(N)n1. The summed E-state index contributed by atoms with van der Waals surface area (Å²) in [6.07, 6.45) is 8.51. The summed E-state index contributed by atoms with van der Waals surface area (Å²) in [5, 5.41) is 0. The zero-order valence-corrected chi connectivity index (χ0v) is 15.4. The van der Waals surface area contributed by atoms with Crippen LogP contribution in [0, 0.1) is 5.92 Å². The Morgan fingerprint density at radius 1 is 1.32 bits per heavy atom. The molecule has 1 aliphatic rings. The van der Waals surface area contributed by atoms with Crippen molar-refractivity contribution >= 4 is 22.8 Å². The normalized spacial score (nSPS) is 15.8. The number of aryl methyl sites for hydroxylation is 1. The van der Waals surface area contributed by atoms with Crippen LogP contribution in [-0.4, -0.2) is 38.4 Å². The van der Waals surface area contributed by atoms with Gasteiger partial charge in [0.05, 0.1) is 11.8 Å². The average Bonchev–Trinajstić information content (AvgIpc) is 2.99. The Balaban J connectivity index is 1.72. The van der Waals surface area contributed by atoms with Gasteiger partial charge in [-0.15, -0.1) is 0 Å². The number of nitrogen functional groups attached to an aromatic ring is 1. The van der Waals surface area contributed by atoms with Gasteiger partial charge in [0.15, 0.2) is 5.82 Å². The monoisotopic (exact) mass is 343 g/mol. The fourth-order valence-corrected chi connectivity index (χ4v) is 3.68. The van der Waals surface area contributed by atoms with Gasteiger partial charge in [-0.1, -0.05) is 19.8 Å². The summed E-state index contributed by atoms with van der Waals surface area (Å²) in [4.78, 5) is 22.4. The van der Waals surface area contributed by atoms with Gasteiger partial charge in [0, 0.05) is 32.3 Å². The zero-order chi connectivity index (χ0) is 17.8. The van der Waals surface area contributed by atoms with E-state index in [-0.39, 0.29) is 5.91 Å². The minimum atomic E-state index is 0.182. The second kappa shape index (κ2) is 7.85. The standard InChI is InChI=1S/C19H29N5O/c1-3-4-5-6-16-11-17-18(19(20)22-16)21-13-24(17)12-15-7-9-23(10-8-15)14(2)25/h11,13,15H,3-10,12H2,1-2H3,(H2,20,22). The highest BCUT2D eigenvalue weighted by atomic mass is 16.2. The molecule has 3 heterocycles. The fourth-order valence-electron chi connectivity index (χ4n) is 3.68. The lowest BCUT2D eigenvalue weighted by Crippen LogP contribution is -2.37. The number of rotatable bonds is 6. The number of imidazole rings is 1. The van der Waals surface area contributed by atoms with Crippen LogP contribution in [0.2, 0.25) is 0 Å². The number of anilines is 1. The summed E-state index contributed by atoms with van der Waals surface area (Å²) in [6.45, 7) is 6.51. The van der Waals surface area contributed by atoms with Crippen molar-refractivity contribution in [3.05, 3.63) is 18.1 Å². The largest absolute Gasteiger partial charge is 0.382 e. The first-order valence-electron chi connectivity index (χ1n) is 9.44. The van der Waals surface area contributed by atoms with E-state index in [1.54, 1.807) is 6.92 Å². The van der Waals surface area contributed by atoms with Crippen LogP contribution in [0.25, 0.3) is 11.0 Å². The molecule has 1 amide bonds. The number of amides is 1. The molecule has 1 saturated heterocycles. The number of carbonyl (C=O) groups is 1. The molecule has 2 aromatic rings. The number of nitrogens with two attached hydrogens (primary N) is 1. The average molecular weight is 343 g/mol. The summed E-state index contributed by atoms with van der Waals surface area (Å²) >= 11 is 0. The lowest BCUT2D eigenvalue weighted by atomic mass is 9.96. The third-order valence-electron chi connectivity index (χ3n) is 5.24. The molecule has 2 N–H and O–H groups in total. The van der Waals surface area contributed by atoms with Gasteiger partial charge in [0.1, 0.15) is 5.52 Å². The number of nitrogens with zero attached hydrogens (tertiary/aromatic N) is 4.